The second-order valence-corrected chi connectivity index (χ2v) is 7.68. The lowest BCUT2D eigenvalue weighted by atomic mass is 9.89. The molecule has 3 aliphatic rings. The van der Waals surface area contributed by atoms with E-state index < -0.39 is 12.0 Å². The molecule has 3 atom stereocenters. The number of nitriles is 1. The molecule has 0 spiro atoms. The Hall–Kier alpha value is -3.01. The summed E-state index contributed by atoms with van der Waals surface area (Å²) in [5, 5.41) is 13.3. The highest BCUT2D eigenvalue weighted by atomic mass is 16.2. The molecule has 0 aromatic heterocycles. The minimum Gasteiger partial charge on any atom is -0.274 e. The van der Waals surface area contributed by atoms with Crippen LogP contribution in [-0.2, 0) is 9.59 Å². The van der Waals surface area contributed by atoms with E-state index in [4.69, 9.17) is 5.26 Å². The molecule has 3 aliphatic heterocycles. The number of benzene rings is 2. The van der Waals surface area contributed by atoms with E-state index in [0.717, 1.165) is 25.1 Å². The summed E-state index contributed by atoms with van der Waals surface area (Å²) in [5.74, 6) is -0.730. The van der Waals surface area contributed by atoms with Gasteiger partial charge >= 0.3 is 0 Å². The number of hydrogen-bond acceptors (Lipinski definition) is 5. The highest BCUT2D eigenvalue weighted by Crippen LogP contribution is 2.48. The lowest BCUT2D eigenvalue weighted by Gasteiger charge is -2.29. The molecule has 0 saturated carbocycles. The minimum absolute atomic E-state index is 0.118. The number of hydrazine groups is 1. The van der Waals surface area contributed by atoms with E-state index in [1.54, 1.807) is 24.3 Å². The summed E-state index contributed by atoms with van der Waals surface area (Å²) in [5.41, 5.74) is 3.29. The molecule has 0 unspecified atom stereocenters. The number of carbonyl (C=O) groups excluding carboxylic acids is 2. The standard InChI is InChI=1S/C22H20N4O2/c1-14-3-7-16(8-4-14)19-18-20(25-12-2-11-24(19)25)22(28)26(21(18)27)17-9-5-15(13-23)6-10-17/h3-10,18-20H,2,11-12H2,1H3/t18-,19+,20+/m0/s1. The summed E-state index contributed by atoms with van der Waals surface area (Å²) >= 11 is 0. The average molecular weight is 372 g/mol. The van der Waals surface area contributed by atoms with E-state index in [1.165, 1.54) is 10.5 Å². The maximum Gasteiger partial charge on any atom is 0.253 e. The Balaban J connectivity index is 1.56. The number of anilines is 1. The lowest BCUT2D eigenvalue weighted by molar-refractivity contribution is -0.126. The van der Waals surface area contributed by atoms with Gasteiger partial charge in [-0.2, -0.15) is 5.26 Å². The first-order valence-electron chi connectivity index (χ1n) is 9.58. The van der Waals surface area contributed by atoms with Crippen LogP contribution in [0, 0.1) is 24.2 Å². The molecule has 28 heavy (non-hydrogen) atoms. The Morgan fingerprint density at radius 3 is 2.18 bits per heavy atom. The van der Waals surface area contributed by atoms with Crippen LogP contribution in [0.1, 0.15) is 29.2 Å². The Morgan fingerprint density at radius 2 is 1.54 bits per heavy atom. The van der Waals surface area contributed by atoms with Gasteiger partial charge in [0.15, 0.2) is 0 Å². The summed E-state index contributed by atoms with van der Waals surface area (Å²) in [6, 6.07) is 16.4. The number of fused-ring (bicyclic) bond motifs is 3. The average Bonchev–Trinajstić information content (AvgIpc) is 3.35. The van der Waals surface area contributed by atoms with Crippen molar-refractivity contribution in [2.75, 3.05) is 18.0 Å². The number of carbonyl (C=O) groups is 2. The number of rotatable bonds is 2. The van der Waals surface area contributed by atoms with E-state index in [1.807, 2.05) is 6.92 Å². The number of hydrogen-bond donors (Lipinski definition) is 0. The summed E-state index contributed by atoms with van der Waals surface area (Å²) in [6.07, 6.45) is 0.990. The van der Waals surface area contributed by atoms with Crippen molar-refractivity contribution in [3.8, 4) is 6.07 Å². The van der Waals surface area contributed by atoms with Gasteiger partial charge in [0.2, 0.25) is 5.91 Å². The van der Waals surface area contributed by atoms with Crippen LogP contribution in [-0.4, -0.2) is 41.0 Å². The van der Waals surface area contributed by atoms with Crippen molar-refractivity contribution in [2.24, 2.45) is 5.92 Å². The molecule has 0 N–H and O–H groups in total. The molecule has 0 radical (unpaired) electrons. The number of nitrogens with zero attached hydrogens (tertiary/aromatic N) is 4. The third kappa shape index (κ3) is 2.34. The molecular formula is C22H20N4O2. The lowest BCUT2D eigenvalue weighted by Crippen LogP contribution is -2.44. The molecule has 5 rings (SSSR count). The van der Waals surface area contributed by atoms with Gasteiger partial charge in [-0.15, -0.1) is 0 Å². The second kappa shape index (κ2) is 6.26. The topological polar surface area (TPSA) is 67.6 Å². The fraction of sp³-hybridized carbons (Fsp3) is 0.318. The Morgan fingerprint density at radius 1 is 0.893 bits per heavy atom. The van der Waals surface area contributed by atoms with Gasteiger partial charge in [0.1, 0.15) is 6.04 Å². The monoisotopic (exact) mass is 372 g/mol. The predicted molar refractivity (Wildman–Crippen MR) is 103 cm³/mol. The third-order valence-electron chi connectivity index (χ3n) is 6.08. The van der Waals surface area contributed by atoms with Crippen molar-refractivity contribution >= 4 is 17.5 Å². The molecular weight excluding hydrogens is 352 g/mol. The predicted octanol–water partition coefficient (Wildman–Crippen LogP) is 2.40. The summed E-state index contributed by atoms with van der Waals surface area (Å²) in [6.45, 7) is 3.70. The molecule has 2 aromatic carbocycles. The molecule has 2 amide bonds. The van der Waals surface area contributed by atoms with Crippen LogP contribution in [0.5, 0.6) is 0 Å². The smallest absolute Gasteiger partial charge is 0.253 e. The van der Waals surface area contributed by atoms with Crippen molar-refractivity contribution in [3.63, 3.8) is 0 Å². The van der Waals surface area contributed by atoms with E-state index in [2.05, 4.69) is 40.4 Å². The Bertz CT molecular complexity index is 993. The molecule has 6 nitrogen and oxygen atoms in total. The number of imide groups is 1. The quantitative estimate of drug-likeness (QED) is 0.758. The molecule has 0 bridgehead atoms. The molecule has 3 fully saturated rings. The van der Waals surface area contributed by atoms with E-state index in [9.17, 15) is 9.59 Å². The van der Waals surface area contributed by atoms with Crippen LogP contribution in [0.3, 0.4) is 0 Å². The van der Waals surface area contributed by atoms with Crippen LogP contribution in [0.2, 0.25) is 0 Å². The number of amides is 2. The summed E-state index contributed by atoms with van der Waals surface area (Å²) < 4.78 is 0. The third-order valence-corrected chi connectivity index (χ3v) is 6.08. The number of aryl methyl sites for hydroxylation is 1. The van der Waals surface area contributed by atoms with E-state index >= 15 is 0 Å². The van der Waals surface area contributed by atoms with Crippen LogP contribution >= 0.6 is 0 Å². The van der Waals surface area contributed by atoms with Gasteiger partial charge in [-0.05, 0) is 43.2 Å². The molecule has 3 saturated heterocycles. The Kier molecular flexibility index (Phi) is 3.83. The minimum atomic E-state index is -0.447. The van der Waals surface area contributed by atoms with Gasteiger partial charge in [-0.1, -0.05) is 29.8 Å². The SMILES string of the molecule is Cc1ccc([C@@H]2[C@@H]3C(=O)N(c4ccc(C#N)cc4)C(=O)[C@@H]3N3CCCN23)cc1. The maximum absolute atomic E-state index is 13.4. The van der Waals surface area contributed by atoms with Gasteiger partial charge < -0.3 is 0 Å². The fourth-order valence-electron chi connectivity index (χ4n) is 4.82. The van der Waals surface area contributed by atoms with Crippen LogP contribution in [0.15, 0.2) is 48.5 Å². The van der Waals surface area contributed by atoms with Crippen molar-refractivity contribution in [3.05, 3.63) is 65.2 Å². The van der Waals surface area contributed by atoms with Crippen LogP contribution < -0.4 is 4.90 Å². The first-order valence-corrected chi connectivity index (χ1v) is 9.58. The zero-order valence-corrected chi connectivity index (χ0v) is 15.6. The normalized spacial score (nSPS) is 27.1. The van der Waals surface area contributed by atoms with Crippen LogP contribution in [0.4, 0.5) is 5.69 Å². The molecule has 0 aliphatic carbocycles. The zero-order valence-electron chi connectivity index (χ0n) is 15.6. The molecule has 2 aromatic rings. The van der Waals surface area contributed by atoms with Crippen molar-refractivity contribution in [1.29, 1.82) is 5.26 Å². The van der Waals surface area contributed by atoms with E-state index in [-0.39, 0.29) is 17.9 Å². The highest BCUT2D eigenvalue weighted by Gasteiger charge is 2.62. The van der Waals surface area contributed by atoms with Gasteiger partial charge in [-0.3, -0.25) is 9.59 Å². The first-order chi connectivity index (χ1) is 13.6. The largest absolute Gasteiger partial charge is 0.274 e. The van der Waals surface area contributed by atoms with Crippen molar-refractivity contribution in [1.82, 2.24) is 10.0 Å². The highest BCUT2D eigenvalue weighted by molar-refractivity contribution is 6.24. The van der Waals surface area contributed by atoms with Crippen molar-refractivity contribution < 1.29 is 9.59 Å². The summed E-state index contributed by atoms with van der Waals surface area (Å²) in [4.78, 5) is 28.0. The first kappa shape index (κ1) is 17.1. The van der Waals surface area contributed by atoms with Gasteiger partial charge in [0.25, 0.3) is 5.91 Å². The van der Waals surface area contributed by atoms with Crippen molar-refractivity contribution in [2.45, 2.75) is 25.4 Å². The summed E-state index contributed by atoms with van der Waals surface area (Å²) in [7, 11) is 0. The van der Waals surface area contributed by atoms with Gasteiger partial charge in [0.05, 0.1) is 29.3 Å². The Labute approximate surface area is 163 Å². The van der Waals surface area contributed by atoms with E-state index in [0.29, 0.717) is 11.3 Å². The maximum atomic E-state index is 13.4. The molecule has 6 heteroatoms. The molecule has 3 heterocycles. The van der Waals surface area contributed by atoms with Crippen LogP contribution in [0.25, 0.3) is 0 Å². The second-order valence-electron chi connectivity index (χ2n) is 7.68. The van der Waals surface area contributed by atoms with Gasteiger partial charge in [0, 0.05) is 13.1 Å². The fourth-order valence-corrected chi connectivity index (χ4v) is 4.82. The molecule has 140 valence electrons. The van der Waals surface area contributed by atoms with Gasteiger partial charge in [-0.25, -0.2) is 14.9 Å². The zero-order chi connectivity index (χ0) is 19.4.